The number of hydrogen-bond donors (Lipinski definition) is 1. The lowest BCUT2D eigenvalue weighted by Crippen LogP contribution is -2.15. The Morgan fingerprint density at radius 2 is 2.28 bits per heavy atom. The Hall–Kier alpha value is -1.62. The van der Waals surface area contributed by atoms with E-state index in [-0.39, 0.29) is 0 Å². The van der Waals surface area contributed by atoms with E-state index in [0.29, 0.717) is 12.4 Å². The molecule has 0 amide bonds. The van der Waals surface area contributed by atoms with Gasteiger partial charge in [-0.15, -0.1) is 0 Å². The zero-order valence-corrected chi connectivity index (χ0v) is 11.0. The molecule has 0 spiro atoms. The lowest BCUT2D eigenvalue weighted by Gasteiger charge is -2.06. The highest BCUT2D eigenvalue weighted by Gasteiger charge is 2.08. The molecule has 5 heteroatoms. The van der Waals surface area contributed by atoms with Gasteiger partial charge in [0.25, 0.3) is 0 Å². The summed E-state index contributed by atoms with van der Waals surface area (Å²) in [5, 5.41) is 7.28. The van der Waals surface area contributed by atoms with Gasteiger partial charge in [-0.05, 0) is 25.1 Å². The third-order valence-electron chi connectivity index (χ3n) is 2.77. The predicted molar refractivity (Wildman–Crippen MR) is 69.2 cm³/mol. The lowest BCUT2D eigenvalue weighted by atomic mass is 10.3. The molecule has 0 aromatic carbocycles. The van der Waals surface area contributed by atoms with Gasteiger partial charge in [0.2, 0.25) is 5.89 Å². The fourth-order valence-electron chi connectivity index (χ4n) is 1.84. The van der Waals surface area contributed by atoms with Gasteiger partial charge in [0.15, 0.2) is 5.82 Å². The van der Waals surface area contributed by atoms with E-state index in [0.717, 1.165) is 31.8 Å². The maximum Gasteiger partial charge on any atom is 0.246 e. The highest BCUT2D eigenvalue weighted by atomic mass is 16.5. The Balaban J connectivity index is 2.01. The molecular formula is C13H20N4O. The molecule has 0 aliphatic carbocycles. The molecule has 0 aliphatic rings. The van der Waals surface area contributed by atoms with Crippen LogP contribution < -0.4 is 5.32 Å². The Morgan fingerprint density at radius 3 is 3.06 bits per heavy atom. The average Bonchev–Trinajstić information content (AvgIpc) is 2.98. The number of nitrogens with one attached hydrogen (secondary N) is 1. The molecule has 0 saturated heterocycles. The third-order valence-corrected chi connectivity index (χ3v) is 2.77. The summed E-state index contributed by atoms with van der Waals surface area (Å²) in [6, 6.07) is 4.14. The summed E-state index contributed by atoms with van der Waals surface area (Å²) in [7, 11) is 0. The number of aromatic nitrogens is 3. The molecule has 0 bridgehead atoms. The first-order valence-electron chi connectivity index (χ1n) is 6.49. The van der Waals surface area contributed by atoms with Crippen molar-refractivity contribution in [1.82, 2.24) is 20.0 Å². The summed E-state index contributed by atoms with van der Waals surface area (Å²) in [5.74, 6) is 1.47. The van der Waals surface area contributed by atoms with Gasteiger partial charge in [-0.3, -0.25) is 0 Å². The molecule has 0 fully saturated rings. The summed E-state index contributed by atoms with van der Waals surface area (Å²) in [6.07, 6.45) is 3.95. The molecule has 2 aromatic heterocycles. The van der Waals surface area contributed by atoms with E-state index >= 15 is 0 Å². The molecule has 98 valence electrons. The van der Waals surface area contributed by atoms with Gasteiger partial charge in [-0.1, -0.05) is 19.0 Å². The Kier molecular flexibility index (Phi) is 4.52. The molecule has 5 nitrogen and oxygen atoms in total. The largest absolute Gasteiger partial charge is 0.341 e. The van der Waals surface area contributed by atoms with E-state index in [2.05, 4.69) is 39.9 Å². The van der Waals surface area contributed by atoms with Crippen molar-refractivity contribution in [2.45, 2.75) is 39.8 Å². The van der Waals surface area contributed by atoms with Gasteiger partial charge in [0.05, 0.1) is 0 Å². The second-order valence-electron chi connectivity index (χ2n) is 4.26. The molecular weight excluding hydrogens is 228 g/mol. The van der Waals surface area contributed by atoms with Crippen LogP contribution >= 0.6 is 0 Å². The van der Waals surface area contributed by atoms with Crippen molar-refractivity contribution >= 4 is 0 Å². The first kappa shape index (κ1) is 12.8. The standard InChI is InChI=1S/C13H20N4O/c1-3-6-12-15-13(18-16-12)10-17-8-5-7-11(17)9-14-4-2/h5,7-8,14H,3-4,6,9-10H2,1-2H3. The maximum atomic E-state index is 5.25. The van der Waals surface area contributed by atoms with E-state index < -0.39 is 0 Å². The normalized spacial score (nSPS) is 11.0. The highest BCUT2D eigenvalue weighted by Crippen LogP contribution is 2.07. The number of aryl methyl sites for hydroxylation is 1. The van der Waals surface area contributed by atoms with E-state index in [4.69, 9.17) is 4.52 Å². The van der Waals surface area contributed by atoms with Crippen LogP contribution in [0.5, 0.6) is 0 Å². The van der Waals surface area contributed by atoms with Crippen molar-refractivity contribution < 1.29 is 4.52 Å². The van der Waals surface area contributed by atoms with Crippen molar-refractivity contribution in [1.29, 1.82) is 0 Å². The minimum absolute atomic E-state index is 0.643. The van der Waals surface area contributed by atoms with Crippen molar-refractivity contribution in [2.24, 2.45) is 0 Å². The van der Waals surface area contributed by atoms with Gasteiger partial charge < -0.3 is 14.4 Å². The van der Waals surface area contributed by atoms with E-state index in [1.807, 2.05) is 12.3 Å². The summed E-state index contributed by atoms with van der Waals surface area (Å²) in [6.45, 7) is 6.68. The quantitative estimate of drug-likeness (QED) is 0.814. The SMILES string of the molecule is CCCc1noc(Cn2cccc2CNCC)n1. The zero-order valence-electron chi connectivity index (χ0n) is 11.0. The minimum atomic E-state index is 0.643. The van der Waals surface area contributed by atoms with Crippen LogP contribution in [-0.4, -0.2) is 21.3 Å². The minimum Gasteiger partial charge on any atom is -0.341 e. The molecule has 0 aliphatic heterocycles. The van der Waals surface area contributed by atoms with E-state index in [9.17, 15) is 0 Å². The van der Waals surface area contributed by atoms with Crippen LogP contribution in [0.1, 0.15) is 37.7 Å². The summed E-state index contributed by atoms with van der Waals surface area (Å²) in [4.78, 5) is 4.38. The van der Waals surface area contributed by atoms with Crippen LogP contribution in [0, 0.1) is 0 Å². The summed E-state index contributed by atoms with van der Waals surface area (Å²) in [5.41, 5.74) is 1.23. The Labute approximate surface area is 107 Å². The molecule has 2 aromatic rings. The first-order valence-corrected chi connectivity index (χ1v) is 6.49. The van der Waals surface area contributed by atoms with Crippen molar-refractivity contribution in [3.8, 4) is 0 Å². The molecule has 1 N–H and O–H groups in total. The van der Waals surface area contributed by atoms with Crippen molar-refractivity contribution in [2.75, 3.05) is 6.54 Å². The highest BCUT2D eigenvalue weighted by molar-refractivity contribution is 5.08. The van der Waals surface area contributed by atoms with Gasteiger partial charge in [-0.2, -0.15) is 4.98 Å². The summed E-state index contributed by atoms with van der Waals surface area (Å²) >= 11 is 0. The van der Waals surface area contributed by atoms with Crippen LogP contribution in [0.4, 0.5) is 0 Å². The van der Waals surface area contributed by atoms with Crippen molar-refractivity contribution in [3.63, 3.8) is 0 Å². The molecule has 0 atom stereocenters. The smallest absolute Gasteiger partial charge is 0.246 e. The number of rotatable bonds is 7. The second-order valence-corrected chi connectivity index (χ2v) is 4.26. The molecule has 0 saturated carbocycles. The third kappa shape index (κ3) is 3.20. The van der Waals surface area contributed by atoms with E-state index in [1.165, 1.54) is 5.69 Å². The summed E-state index contributed by atoms with van der Waals surface area (Å²) < 4.78 is 7.38. The molecule has 0 radical (unpaired) electrons. The Bertz CT molecular complexity index is 475. The van der Waals surface area contributed by atoms with Crippen LogP contribution in [0.3, 0.4) is 0 Å². The van der Waals surface area contributed by atoms with Gasteiger partial charge in [0.1, 0.15) is 6.54 Å². The average molecular weight is 248 g/mol. The predicted octanol–water partition coefficient (Wildman–Crippen LogP) is 1.98. The number of nitrogens with zero attached hydrogens (tertiary/aromatic N) is 3. The second kappa shape index (κ2) is 6.35. The van der Waals surface area contributed by atoms with Crippen LogP contribution in [0.25, 0.3) is 0 Å². The first-order chi connectivity index (χ1) is 8.83. The molecule has 2 heterocycles. The maximum absolute atomic E-state index is 5.25. The molecule has 0 unspecified atom stereocenters. The van der Waals surface area contributed by atoms with Crippen molar-refractivity contribution in [3.05, 3.63) is 35.7 Å². The molecule has 18 heavy (non-hydrogen) atoms. The van der Waals surface area contributed by atoms with Gasteiger partial charge >= 0.3 is 0 Å². The lowest BCUT2D eigenvalue weighted by molar-refractivity contribution is 0.364. The topological polar surface area (TPSA) is 55.9 Å². The fourth-order valence-corrected chi connectivity index (χ4v) is 1.84. The van der Waals surface area contributed by atoms with Gasteiger partial charge in [-0.25, -0.2) is 0 Å². The van der Waals surface area contributed by atoms with Crippen LogP contribution in [0.2, 0.25) is 0 Å². The number of hydrogen-bond acceptors (Lipinski definition) is 4. The van der Waals surface area contributed by atoms with Gasteiger partial charge in [0, 0.05) is 24.9 Å². The Morgan fingerprint density at radius 1 is 1.39 bits per heavy atom. The molecule has 2 rings (SSSR count). The zero-order chi connectivity index (χ0) is 12.8. The van der Waals surface area contributed by atoms with E-state index in [1.54, 1.807) is 0 Å². The van der Waals surface area contributed by atoms with Crippen LogP contribution in [-0.2, 0) is 19.5 Å². The van der Waals surface area contributed by atoms with Crippen LogP contribution in [0.15, 0.2) is 22.9 Å². The monoisotopic (exact) mass is 248 g/mol. The fraction of sp³-hybridized carbons (Fsp3) is 0.538.